The smallest absolute Gasteiger partial charge is 0.295 e. The van der Waals surface area contributed by atoms with Crippen molar-refractivity contribution in [2.75, 3.05) is 13.2 Å². The zero-order valence-electron chi connectivity index (χ0n) is 21.1. The highest BCUT2D eigenvalue weighted by atomic mass is 16.5. The number of carbonyl (C=O) groups is 2. The van der Waals surface area contributed by atoms with Crippen LogP contribution in [0, 0.1) is 0 Å². The molecule has 4 rings (SSSR count). The predicted molar refractivity (Wildman–Crippen MR) is 138 cm³/mol. The van der Waals surface area contributed by atoms with Gasteiger partial charge in [0.25, 0.3) is 11.7 Å². The first-order valence-corrected chi connectivity index (χ1v) is 12.2. The van der Waals surface area contributed by atoms with Crippen LogP contribution in [0.15, 0.2) is 60.3 Å². The number of aliphatic hydroxyl groups is 1. The van der Waals surface area contributed by atoms with Crippen molar-refractivity contribution in [2.45, 2.75) is 58.6 Å². The molecule has 2 aromatic carbocycles. The maximum absolute atomic E-state index is 13.3. The first-order chi connectivity index (χ1) is 16.6. The highest BCUT2D eigenvalue weighted by molar-refractivity contribution is 6.46. The molecule has 2 heterocycles. The number of aromatic amines is 1. The Morgan fingerprint density at radius 1 is 1.09 bits per heavy atom. The van der Waals surface area contributed by atoms with E-state index in [0.717, 1.165) is 22.0 Å². The van der Waals surface area contributed by atoms with Crippen molar-refractivity contribution in [1.82, 2.24) is 9.88 Å². The number of aromatic nitrogens is 1. The van der Waals surface area contributed by atoms with Crippen LogP contribution in [0.3, 0.4) is 0 Å². The van der Waals surface area contributed by atoms with Crippen molar-refractivity contribution < 1.29 is 19.4 Å². The largest absolute Gasteiger partial charge is 0.507 e. The molecular formula is C29H34N2O4. The third-order valence-electron chi connectivity index (χ3n) is 6.47. The van der Waals surface area contributed by atoms with Crippen LogP contribution >= 0.6 is 0 Å². The summed E-state index contributed by atoms with van der Waals surface area (Å²) in [6.45, 7) is 11.2. The Kier molecular flexibility index (Phi) is 6.86. The number of hydrogen-bond donors (Lipinski definition) is 2. The van der Waals surface area contributed by atoms with E-state index in [2.05, 4.69) is 25.8 Å². The quantitative estimate of drug-likeness (QED) is 0.199. The van der Waals surface area contributed by atoms with Gasteiger partial charge in [0.1, 0.15) is 5.76 Å². The van der Waals surface area contributed by atoms with Crippen LogP contribution in [-0.2, 0) is 19.7 Å². The monoisotopic (exact) mass is 474 g/mol. The number of H-pyrrole nitrogens is 1. The van der Waals surface area contributed by atoms with Crippen LogP contribution in [0.5, 0.6) is 0 Å². The molecule has 0 bridgehead atoms. The number of para-hydroxylation sites is 1. The fourth-order valence-electron chi connectivity index (χ4n) is 4.59. The lowest BCUT2D eigenvalue weighted by molar-refractivity contribution is -0.140. The number of amides is 1. The van der Waals surface area contributed by atoms with E-state index in [4.69, 9.17) is 4.74 Å². The summed E-state index contributed by atoms with van der Waals surface area (Å²) < 4.78 is 5.65. The molecule has 1 saturated heterocycles. The molecule has 2 N–H and O–H groups in total. The van der Waals surface area contributed by atoms with Crippen LogP contribution < -0.4 is 0 Å². The number of nitrogens with zero attached hydrogens (tertiary/aromatic N) is 1. The zero-order valence-corrected chi connectivity index (χ0v) is 21.1. The Hall–Kier alpha value is -3.38. The summed E-state index contributed by atoms with van der Waals surface area (Å²) in [5.41, 5.74) is 3.40. The highest BCUT2D eigenvalue weighted by Gasteiger charge is 2.46. The van der Waals surface area contributed by atoms with Crippen molar-refractivity contribution in [3.05, 3.63) is 77.0 Å². The fraction of sp³-hybridized carbons (Fsp3) is 0.379. The van der Waals surface area contributed by atoms with Gasteiger partial charge >= 0.3 is 0 Å². The van der Waals surface area contributed by atoms with E-state index in [9.17, 15) is 14.7 Å². The van der Waals surface area contributed by atoms with Gasteiger partial charge in [-0.3, -0.25) is 9.59 Å². The number of benzene rings is 2. The molecular weight excluding hydrogens is 440 g/mol. The van der Waals surface area contributed by atoms with Crippen LogP contribution in [0.4, 0.5) is 0 Å². The van der Waals surface area contributed by atoms with Gasteiger partial charge in [-0.15, -0.1) is 0 Å². The topological polar surface area (TPSA) is 82.6 Å². The fourth-order valence-corrected chi connectivity index (χ4v) is 4.59. The van der Waals surface area contributed by atoms with Crippen molar-refractivity contribution >= 4 is 28.4 Å². The number of Topliss-reactive ketones (excluding diaryl/α,β-unsaturated/α-hetero) is 1. The lowest BCUT2D eigenvalue weighted by Gasteiger charge is -2.26. The molecule has 0 spiro atoms. The highest BCUT2D eigenvalue weighted by Crippen LogP contribution is 2.41. The molecule has 0 aliphatic carbocycles. The number of likely N-dealkylation sites (tertiary alicyclic amines) is 1. The van der Waals surface area contributed by atoms with Crippen LogP contribution in [-0.4, -0.2) is 45.9 Å². The lowest BCUT2D eigenvalue weighted by Crippen LogP contribution is -2.31. The summed E-state index contributed by atoms with van der Waals surface area (Å²) in [7, 11) is 0. The van der Waals surface area contributed by atoms with Crippen molar-refractivity contribution in [3.63, 3.8) is 0 Å². The Labute approximate surface area is 206 Å². The Morgan fingerprint density at radius 2 is 1.77 bits per heavy atom. The van der Waals surface area contributed by atoms with Crippen molar-refractivity contribution in [3.8, 4) is 0 Å². The van der Waals surface area contributed by atoms with Gasteiger partial charge in [-0.25, -0.2) is 0 Å². The standard InChI is InChI=1S/C29H34N2O4/c1-18(2)35-16-8-15-31-25(19-11-13-20(14-12-19)29(3,4)5)24(27(33)28(31)34)26(32)22-17-30-23-10-7-6-9-21(22)23/h6-7,9-14,17-18,25,30,32H,8,15-16H2,1-5H3/b26-24-. The molecule has 35 heavy (non-hydrogen) atoms. The maximum atomic E-state index is 13.3. The average Bonchev–Trinajstić information content (AvgIpc) is 3.35. The molecule has 1 aromatic heterocycles. The minimum absolute atomic E-state index is 0.0292. The van der Waals surface area contributed by atoms with Crippen molar-refractivity contribution in [2.24, 2.45) is 0 Å². The summed E-state index contributed by atoms with van der Waals surface area (Å²) in [5, 5.41) is 12.2. The first-order valence-electron chi connectivity index (χ1n) is 12.2. The second-order valence-electron chi connectivity index (χ2n) is 10.4. The number of ether oxygens (including phenoxy) is 1. The Morgan fingerprint density at radius 3 is 2.43 bits per heavy atom. The number of hydrogen-bond acceptors (Lipinski definition) is 4. The zero-order chi connectivity index (χ0) is 25.3. The van der Waals surface area contributed by atoms with Crippen LogP contribution in [0.1, 0.15) is 63.8 Å². The summed E-state index contributed by atoms with van der Waals surface area (Å²) in [6, 6.07) is 14.9. The molecule has 6 nitrogen and oxygen atoms in total. The number of aliphatic hydroxyl groups excluding tert-OH is 1. The van der Waals surface area contributed by atoms with Gasteiger partial charge < -0.3 is 19.7 Å². The summed E-state index contributed by atoms with van der Waals surface area (Å²) >= 11 is 0. The molecule has 6 heteroatoms. The van der Waals surface area contributed by atoms with Crippen LogP contribution in [0.25, 0.3) is 16.7 Å². The van der Waals surface area contributed by atoms with E-state index in [1.54, 1.807) is 11.1 Å². The molecule has 1 amide bonds. The van der Waals surface area contributed by atoms with E-state index in [1.807, 2.05) is 62.4 Å². The van der Waals surface area contributed by atoms with Crippen molar-refractivity contribution in [1.29, 1.82) is 0 Å². The second-order valence-corrected chi connectivity index (χ2v) is 10.4. The van der Waals surface area contributed by atoms with Gasteiger partial charge in [-0.2, -0.15) is 0 Å². The number of rotatable bonds is 7. The third-order valence-corrected chi connectivity index (χ3v) is 6.47. The summed E-state index contributed by atoms with van der Waals surface area (Å²) in [4.78, 5) is 31.2. The maximum Gasteiger partial charge on any atom is 0.295 e. The molecule has 0 radical (unpaired) electrons. The third kappa shape index (κ3) is 4.89. The minimum atomic E-state index is -0.670. The van der Waals surface area contributed by atoms with E-state index < -0.39 is 17.7 Å². The Balaban J connectivity index is 1.79. The molecule has 1 atom stereocenters. The van der Waals surface area contributed by atoms with Gasteiger partial charge in [0, 0.05) is 35.8 Å². The molecule has 184 valence electrons. The number of carbonyl (C=O) groups excluding carboxylic acids is 2. The minimum Gasteiger partial charge on any atom is -0.507 e. The molecule has 0 saturated carbocycles. The number of ketones is 1. The Bertz CT molecular complexity index is 1260. The second kappa shape index (κ2) is 9.70. The number of fused-ring (bicyclic) bond motifs is 1. The molecule has 1 aliphatic heterocycles. The molecule has 1 aliphatic rings. The van der Waals surface area contributed by atoms with E-state index in [1.165, 1.54) is 0 Å². The number of nitrogens with one attached hydrogen (secondary N) is 1. The van der Waals surface area contributed by atoms with E-state index in [-0.39, 0.29) is 22.9 Å². The molecule has 3 aromatic rings. The molecule has 1 unspecified atom stereocenters. The van der Waals surface area contributed by atoms with E-state index in [0.29, 0.717) is 25.1 Å². The normalized spacial score (nSPS) is 18.2. The van der Waals surface area contributed by atoms with Gasteiger partial charge in [-0.05, 0) is 42.9 Å². The summed E-state index contributed by atoms with van der Waals surface area (Å²) in [6.07, 6.45) is 2.37. The van der Waals surface area contributed by atoms with Gasteiger partial charge in [-0.1, -0.05) is 63.2 Å². The molecule has 1 fully saturated rings. The van der Waals surface area contributed by atoms with Crippen LogP contribution in [0.2, 0.25) is 0 Å². The predicted octanol–water partition coefficient (Wildman–Crippen LogP) is 5.70. The SMILES string of the molecule is CC(C)OCCCN1C(=O)C(=O)/C(=C(\O)c2c[nH]c3ccccc23)C1c1ccc(C(C)(C)C)cc1. The van der Waals surface area contributed by atoms with Gasteiger partial charge in [0.15, 0.2) is 0 Å². The van der Waals surface area contributed by atoms with E-state index >= 15 is 0 Å². The van der Waals surface area contributed by atoms with Gasteiger partial charge in [0.2, 0.25) is 0 Å². The summed E-state index contributed by atoms with van der Waals surface area (Å²) in [5.74, 6) is -1.42. The van der Waals surface area contributed by atoms with Gasteiger partial charge in [0.05, 0.1) is 17.7 Å². The lowest BCUT2D eigenvalue weighted by atomic mass is 9.85. The first kappa shape index (κ1) is 24.7. The average molecular weight is 475 g/mol.